The van der Waals surface area contributed by atoms with Crippen LogP contribution in [0.4, 0.5) is 5.82 Å². The van der Waals surface area contributed by atoms with Crippen LogP contribution >= 0.6 is 12.6 Å². The Morgan fingerprint density at radius 2 is 2.25 bits per heavy atom. The van der Waals surface area contributed by atoms with Crippen molar-refractivity contribution in [3.05, 3.63) is 11.8 Å². The van der Waals surface area contributed by atoms with Crippen LogP contribution in [0.5, 0.6) is 0 Å². The summed E-state index contributed by atoms with van der Waals surface area (Å²) in [6.45, 7) is 6.75. The van der Waals surface area contributed by atoms with Gasteiger partial charge in [-0.15, -0.1) is 0 Å². The number of nitrogens with zero attached hydrogens (tertiary/aromatic N) is 3. The molecule has 1 amide bonds. The average Bonchev–Trinajstić information content (AvgIpc) is 2.69. The quantitative estimate of drug-likeness (QED) is 0.799. The van der Waals surface area contributed by atoms with Gasteiger partial charge in [-0.2, -0.15) is 17.7 Å². The zero-order chi connectivity index (χ0) is 11.9. The van der Waals surface area contributed by atoms with Gasteiger partial charge < -0.3 is 0 Å². The maximum Gasteiger partial charge on any atom is 0.229 e. The van der Waals surface area contributed by atoms with Gasteiger partial charge in [0.2, 0.25) is 5.91 Å². The third-order valence-corrected chi connectivity index (χ3v) is 3.05. The number of carbonyl (C=O) groups is 1. The Morgan fingerprint density at radius 1 is 1.56 bits per heavy atom. The van der Waals surface area contributed by atoms with Crippen molar-refractivity contribution in [1.29, 1.82) is 0 Å². The van der Waals surface area contributed by atoms with Gasteiger partial charge in [-0.25, -0.2) is 4.68 Å². The second kappa shape index (κ2) is 4.13. The van der Waals surface area contributed by atoms with Crippen LogP contribution in [0.15, 0.2) is 6.07 Å². The molecule has 1 fully saturated rings. The number of amides is 1. The fourth-order valence-corrected chi connectivity index (χ4v) is 2.31. The van der Waals surface area contributed by atoms with Gasteiger partial charge in [0.05, 0.1) is 5.69 Å². The lowest BCUT2D eigenvalue weighted by Crippen LogP contribution is -2.27. The first-order valence-electron chi connectivity index (χ1n) is 5.53. The molecule has 0 radical (unpaired) electrons. The molecule has 1 aliphatic rings. The number of hydrogen-bond acceptors (Lipinski definition) is 3. The molecule has 4 nitrogen and oxygen atoms in total. The maximum atomic E-state index is 11.8. The van der Waals surface area contributed by atoms with E-state index in [9.17, 15) is 4.79 Å². The lowest BCUT2D eigenvalue weighted by atomic mass is 10.4. The van der Waals surface area contributed by atoms with Gasteiger partial charge in [-0.1, -0.05) is 0 Å². The van der Waals surface area contributed by atoms with Gasteiger partial charge >= 0.3 is 0 Å². The molecule has 1 unspecified atom stereocenters. The monoisotopic (exact) mass is 239 g/mol. The van der Waals surface area contributed by atoms with Gasteiger partial charge in [0.25, 0.3) is 0 Å². The van der Waals surface area contributed by atoms with Crippen molar-refractivity contribution < 1.29 is 4.79 Å². The Kier molecular flexibility index (Phi) is 2.97. The first-order valence-corrected chi connectivity index (χ1v) is 6.05. The van der Waals surface area contributed by atoms with Gasteiger partial charge in [-0.3, -0.25) is 9.69 Å². The van der Waals surface area contributed by atoms with Crippen LogP contribution in [0.25, 0.3) is 0 Å². The van der Waals surface area contributed by atoms with Crippen LogP contribution in [-0.2, 0) is 4.79 Å². The predicted molar refractivity (Wildman–Crippen MR) is 67.1 cm³/mol. The van der Waals surface area contributed by atoms with E-state index in [0.29, 0.717) is 13.0 Å². The van der Waals surface area contributed by atoms with E-state index in [1.165, 1.54) is 0 Å². The molecule has 16 heavy (non-hydrogen) atoms. The lowest BCUT2D eigenvalue weighted by Gasteiger charge is -2.19. The molecule has 0 spiro atoms. The zero-order valence-electron chi connectivity index (χ0n) is 9.84. The highest BCUT2D eigenvalue weighted by Gasteiger charge is 2.31. The molecular weight excluding hydrogens is 222 g/mol. The summed E-state index contributed by atoms with van der Waals surface area (Å²) in [5.74, 6) is 1.04. The van der Waals surface area contributed by atoms with E-state index in [1.807, 2.05) is 17.7 Å². The Morgan fingerprint density at radius 3 is 2.75 bits per heavy atom. The van der Waals surface area contributed by atoms with Gasteiger partial charge in [0, 0.05) is 30.3 Å². The van der Waals surface area contributed by atoms with Crippen molar-refractivity contribution in [3.63, 3.8) is 0 Å². The maximum absolute atomic E-state index is 11.8. The Labute approximate surface area is 101 Å². The first kappa shape index (κ1) is 11.5. The van der Waals surface area contributed by atoms with Crippen molar-refractivity contribution in [2.45, 2.75) is 38.5 Å². The molecule has 2 rings (SSSR count). The van der Waals surface area contributed by atoms with Crippen molar-refractivity contribution in [2.75, 3.05) is 11.4 Å². The van der Waals surface area contributed by atoms with Crippen LogP contribution in [0, 0.1) is 6.92 Å². The highest BCUT2D eigenvalue weighted by atomic mass is 32.1. The molecule has 1 aliphatic heterocycles. The van der Waals surface area contributed by atoms with Crippen LogP contribution in [0.2, 0.25) is 0 Å². The molecule has 1 atom stereocenters. The molecule has 0 aliphatic carbocycles. The highest BCUT2D eigenvalue weighted by molar-refractivity contribution is 7.81. The third-order valence-electron chi connectivity index (χ3n) is 2.71. The van der Waals surface area contributed by atoms with Gasteiger partial charge in [0.1, 0.15) is 5.82 Å². The highest BCUT2D eigenvalue weighted by Crippen LogP contribution is 2.26. The lowest BCUT2D eigenvalue weighted by molar-refractivity contribution is -0.117. The molecule has 88 valence electrons. The number of aromatic nitrogens is 2. The van der Waals surface area contributed by atoms with Crippen LogP contribution in [0.3, 0.4) is 0 Å². The first-order chi connectivity index (χ1) is 7.49. The molecule has 1 aromatic rings. The largest absolute Gasteiger partial charge is 0.296 e. The Bertz CT molecular complexity index is 413. The molecular formula is C11H17N3OS. The molecule has 0 bridgehead atoms. The normalized spacial score (nSPS) is 21.2. The zero-order valence-corrected chi connectivity index (χ0v) is 10.7. The van der Waals surface area contributed by atoms with Crippen LogP contribution in [-0.4, -0.2) is 27.5 Å². The minimum absolute atomic E-state index is 0.141. The fraction of sp³-hybridized carbons (Fsp3) is 0.636. The summed E-state index contributed by atoms with van der Waals surface area (Å²) in [6, 6.07) is 2.22. The van der Waals surface area contributed by atoms with E-state index >= 15 is 0 Å². The molecule has 1 aromatic heterocycles. The number of rotatable bonds is 2. The summed E-state index contributed by atoms with van der Waals surface area (Å²) in [7, 11) is 0. The third kappa shape index (κ3) is 1.96. The number of carbonyl (C=O) groups excluding carboxylic acids is 1. The SMILES string of the molecule is Cc1cc(N2CC(S)CC2=O)n(C(C)C)n1. The predicted octanol–water partition coefficient (Wildman–Crippen LogP) is 1.81. The Hall–Kier alpha value is -0.970. The Balaban J connectivity index is 2.36. The van der Waals surface area contributed by atoms with E-state index in [2.05, 4.69) is 31.6 Å². The van der Waals surface area contributed by atoms with Gasteiger partial charge in [-0.05, 0) is 20.8 Å². The number of thiol groups is 1. The second-order valence-electron chi connectivity index (χ2n) is 4.54. The standard InChI is InChI=1S/C11H17N3OS/c1-7(2)14-10(4-8(3)12-14)13-6-9(16)5-11(13)15/h4,7,9,16H,5-6H2,1-3H3. The second-order valence-corrected chi connectivity index (χ2v) is 5.27. The van der Waals surface area contributed by atoms with Crippen LogP contribution < -0.4 is 4.90 Å². The topological polar surface area (TPSA) is 38.1 Å². The fourth-order valence-electron chi connectivity index (χ4n) is 1.99. The summed E-state index contributed by atoms with van der Waals surface area (Å²) < 4.78 is 1.90. The minimum atomic E-state index is 0.141. The van der Waals surface area contributed by atoms with Crippen LogP contribution in [0.1, 0.15) is 32.0 Å². The molecule has 0 aromatic carbocycles. The van der Waals surface area contributed by atoms with E-state index in [-0.39, 0.29) is 17.2 Å². The van der Waals surface area contributed by atoms with Crippen molar-refractivity contribution in [1.82, 2.24) is 9.78 Å². The number of aryl methyl sites for hydroxylation is 1. The molecule has 2 heterocycles. The minimum Gasteiger partial charge on any atom is -0.296 e. The summed E-state index contributed by atoms with van der Waals surface area (Å²) in [5, 5.41) is 4.55. The molecule has 1 saturated heterocycles. The summed E-state index contributed by atoms with van der Waals surface area (Å²) in [5.41, 5.74) is 0.944. The van der Waals surface area contributed by atoms with Gasteiger partial charge in [0.15, 0.2) is 0 Å². The summed E-state index contributed by atoms with van der Waals surface area (Å²) in [4.78, 5) is 13.6. The van der Waals surface area contributed by atoms with Crippen molar-refractivity contribution in [2.24, 2.45) is 0 Å². The van der Waals surface area contributed by atoms with E-state index in [1.54, 1.807) is 4.90 Å². The van der Waals surface area contributed by atoms with Crippen molar-refractivity contribution in [3.8, 4) is 0 Å². The molecule has 5 heteroatoms. The average molecular weight is 239 g/mol. The van der Waals surface area contributed by atoms with E-state index < -0.39 is 0 Å². The number of anilines is 1. The molecule has 0 saturated carbocycles. The van der Waals surface area contributed by atoms with E-state index in [4.69, 9.17) is 0 Å². The van der Waals surface area contributed by atoms with E-state index in [0.717, 1.165) is 11.5 Å². The molecule has 0 N–H and O–H groups in total. The van der Waals surface area contributed by atoms with Crippen molar-refractivity contribution >= 4 is 24.4 Å². The smallest absolute Gasteiger partial charge is 0.229 e. The number of hydrogen-bond donors (Lipinski definition) is 1. The summed E-state index contributed by atoms with van der Waals surface area (Å²) in [6.07, 6.45) is 0.519. The summed E-state index contributed by atoms with van der Waals surface area (Å²) >= 11 is 4.36.